The van der Waals surface area contributed by atoms with Crippen LogP contribution in [0.25, 0.3) is 0 Å². The number of nitrogens with one attached hydrogen (secondary N) is 1. The molecule has 2 rings (SSSR count). The van der Waals surface area contributed by atoms with Gasteiger partial charge in [-0.05, 0) is 26.0 Å². The van der Waals surface area contributed by atoms with Gasteiger partial charge in [0.1, 0.15) is 0 Å². The molecular weight excluding hydrogens is 260 g/mol. The molecule has 0 bridgehead atoms. The van der Waals surface area contributed by atoms with E-state index in [2.05, 4.69) is 15.5 Å². The summed E-state index contributed by atoms with van der Waals surface area (Å²) in [4.78, 5) is 15.8. The zero-order valence-electron chi connectivity index (χ0n) is 11.3. The number of para-hydroxylation sites is 1. The van der Waals surface area contributed by atoms with Crippen molar-refractivity contribution in [1.82, 2.24) is 10.1 Å². The maximum absolute atomic E-state index is 11.7. The molecule has 20 heavy (non-hydrogen) atoms. The van der Waals surface area contributed by atoms with E-state index in [1.807, 2.05) is 0 Å². The molecule has 7 nitrogen and oxygen atoms in total. The number of anilines is 2. The molecule has 0 unspecified atom stereocenters. The summed E-state index contributed by atoms with van der Waals surface area (Å²) in [5, 5.41) is 6.74. The van der Waals surface area contributed by atoms with E-state index in [1.54, 1.807) is 32.0 Å². The second kappa shape index (κ2) is 6.05. The van der Waals surface area contributed by atoms with Crippen LogP contribution in [0.1, 0.15) is 29.0 Å². The summed E-state index contributed by atoms with van der Waals surface area (Å²) in [6.07, 6.45) is 0. The topological polar surface area (TPSA) is 103 Å². The number of carbonyl (C=O) groups excluding carboxylic acids is 1. The van der Waals surface area contributed by atoms with Gasteiger partial charge >= 0.3 is 5.97 Å². The molecule has 1 heterocycles. The molecule has 106 valence electrons. The maximum atomic E-state index is 11.7. The smallest absolute Gasteiger partial charge is 0.340 e. The van der Waals surface area contributed by atoms with Crippen molar-refractivity contribution in [2.75, 3.05) is 17.7 Å². The number of ether oxygens (including phenoxy) is 1. The van der Waals surface area contributed by atoms with Crippen molar-refractivity contribution >= 4 is 17.3 Å². The lowest BCUT2D eigenvalue weighted by atomic mass is 10.1. The Morgan fingerprint density at radius 2 is 2.30 bits per heavy atom. The quantitative estimate of drug-likeness (QED) is 0.633. The van der Waals surface area contributed by atoms with Crippen LogP contribution in [0.15, 0.2) is 22.7 Å². The number of hydrogen-bond acceptors (Lipinski definition) is 7. The van der Waals surface area contributed by atoms with Crippen molar-refractivity contribution in [1.29, 1.82) is 0 Å². The van der Waals surface area contributed by atoms with Crippen LogP contribution in [0.3, 0.4) is 0 Å². The van der Waals surface area contributed by atoms with Crippen LogP contribution in [0.2, 0.25) is 0 Å². The third kappa shape index (κ3) is 3.05. The number of aryl methyl sites for hydroxylation is 1. The van der Waals surface area contributed by atoms with Gasteiger partial charge in [0.2, 0.25) is 5.89 Å². The van der Waals surface area contributed by atoms with Gasteiger partial charge in [0.05, 0.1) is 30.1 Å². The number of nitrogens with zero attached hydrogens (tertiary/aromatic N) is 2. The van der Waals surface area contributed by atoms with Crippen molar-refractivity contribution in [3.63, 3.8) is 0 Å². The third-order valence-electron chi connectivity index (χ3n) is 2.60. The van der Waals surface area contributed by atoms with Gasteiger partial charge in [-0.1, -0.05) is 11.2 Å². The molecule has 0 saturated carbocycles. The molecule has 0 aliphatic heterocycles. The molecule has 0 aliphatic carbocycles. The molecule has 0 aliphatic rings. The number of rotatable bonds is 5. The Hall–Kier alpha value is -2.57. The maximum Gasteiger partial charge on any atom is 0.340 e. The molecule has 0 spiro atoms. The highest BCUT2D eigenvalue weighted by Crippen LogP contribution is 2.23. The fourth-order valence-corrected chi connectivity index (χ4v) is 1.69. The predicted molar refractivity (Wildman–Crippen MR) is 73.2 cm³/mol. The van der Waals surface area contributed by atoms with Crippen molar-refractivity contribution in [2.45, 2.75) is 20.4 Å². The monoisotopic (exact) mass is 276 g/mol. The van der Waals surface area contributed by atoms with E-state index in [0.29, 0.717) is 41.8 Å². The summed E-state index contributed by atoms with van der Waals surface area (Å²) in [6.45, 7) is 4.12. The zero-order chi connectivity index (χ0) is 14.5. The van der Waals surface area contributed by atoms with Crippen molar-refractivity contribution in [3.8, 4) is 0 Å². The average Bonchev–Trinajstić information content (AvgIpc) is 2.83. The Balaban J connectivity index is 2.12. The van der Waals surface area contributed by atoms with E-state index in [-0.39, 0.29) is 0 Å². The highest BCUT2D eigenvalue weighted by Gasteiger charge is 2.13. The fraction of sp³-hybridized carbons (Fsp3) is 0.308. The molecular formula is C13H16N4O3. The van der Waals surface area contributed by atoms with E-state index >= 15 is 0 Å². The molecule has 0 radical (unpaired) electrons. The van der Waals surface area contributed by atoms with E-state index < -0.39 is 5.97 Å². The Labute approximate surface area is 116 Å². The van der Waals surface area contributed by atoms with E-state index in [1.165, 1.54) is 0 Å². The largest absolute Gasteiger partial charge is 0.462 e. The summed E-state index contributed by atoms with van der Waals surface area (Å²) >= 11 is 0. The van der Waals surface area contributed by atoms with Gasteiger partial charge in [0.25, 0.3) is 0 Å². The van der Waals surface area contributed by atoms with Crippen molar-refractivity contribution < 1.29 is 14.1 Å². The molecule has 7 heteroatoms. The first kappa shape index (κ1) is 13.9. The van der Waals surface area contributed by atoms with Gasteiger partial charge in [0.15, 0.2) is 5.82 Å². The molecule has 0 atom stereocenters. The summed E-state index contributed by atoms with van der Waals surface area (Å²) in [5.74, 6) is 0.570. The van der Waals surface area contributed by atoms with E-state index in [0.717, 1.165) is 0 Å². The van der Waals surface area contributed by atoms with Gasteiger partial charge in [-0.15, -0.1) is 0 Å². The second-order valence-electron chi connectivity index (χ2n) is 4.08. The number of carbonyl (C=O) groups is 1. The van der Waals surface area contributed by atoms with Crippen LogP contribution in [0.4, 0.5) is 11.4 Å². The molecule has 0 amide bonds. The van der Waals surface area contributed by atoms with Crippen LogP contribution < -0.4 is 11.1 Å². The van der Waals surface area contributed by atoms with Gasteiger partial charge in [-0.2, -0.15) is 4.98 Å². The van der Waals surface area contributed by atoms with Crippen molar-refractivity contribution in [2.24, 2.45) is 0 Å². The summed E-state index contributed by atoms with van der Waals surface area (Å²) in [6, 6.07) is 5.11. The van der Waals surface area contributed by atoms with Crippen LogP contribution in [0, 0.1) is 6.92 Å². The second-order valence-corrected chi connectivity index (χ2v) is 4.08. The van der Waals surface area contributed by atoms with Gasteiger partial charge in [-0.3, -0.25) is 0 Å². The molecule has 1 aromatic carbocycles. The standard InChI is InChI=1S/C13H16N4O3/c1-3-19-13(18)9-5-4-6-10(12(9)14)15-7-11-16-8(2)17-20-11/h4-6,15H,3,7,14H2,1-2H3. The first-order chi connectivity index (χ1) is 9.61. The minimum Gasteiger partial charge on any atom is -0.462 e. The number of benzene rings is 1. The zero-order valence-corrected chi connectivity index (χ0v) is 11.3. The fourth-order valence-electron chi connectivity index (χ4n) is 1.69. The lowest BCUT2D eigenvalue weighted by Gasteiger charge is -2.11. The number of nitrogen functional groups attached to an aromatic ring is 1. The van der Waals surface area contributed by atoms with Crippen LogP contribution in [0.5, 0.6) is 0 Å². The number of nitrogens with two attached hydrogens (primary N) is 1. The number of esters is 1. The lowest BCUT2D eigenvalue weighted by Crippen LogP contribution is -2.10. The summed E-state index contributed by atoms with van der Waals surface area (Å²) in [5.41, 5.74) is 7.24. The number of hydrogen-bond donors (Lipinski definition) is 2. The van der Waals surface area contributed by atoms with Crippen LogP contribution in [-0.2, 0) is 11.3 Å². The van der Waals surface area contributed by atoms with Gasteiger partial charge in [-0.25, -0.2) is 4.79 Å². The Morgan fingerprint density at radius 3 is 2.95 bits per heavy atom. The third-order valence-corrected chi connectivity index (χ3v) is 2.60. The van der Waals surface area contributed by atoms with Gasteiger partial charge in [0, 0.05) is 0 Å². The average molecular weight is 276 g/mol. The first-order valence-corrected chi connectivity index (χ1v) is 6.20. The van der Waals surface area contributed by atoms with Crippen LogP contribution in [-0.4, -0.2) is 22.7 Å². The summed E-state index contributed by atoms with van der Waals surface area (Å²) in [7, 11) is 0. The minimum atomic E-state index is -0.442. The Morgan fingerprint density at radius 1 is 1.50 bits per heavy atom. The Bertz CT molecular complexity index is 609. The predicted octanol–water partition coefficient (Wildman–Crippen LogP) is 1.75. The molecule has 2 aromatic rings. The van der Waals surface area contributed by atoms with Crippen LogP contribution >= 0.6 is 0 Å². The lowest BCUT2D eigenvalue weighted by molar-refractivity contribution is 0.0527. The molecule has 0 saturated heterocycles. The molecule has 0 fully saturated rings. The minimum absolute atomic E-state index is 0.303. The SMILES string of the molecule is CCOC(=O)c1cccc(NCc2nc(C)no2)c1N. The normalized spacial score (nSPS) is 10.3. The molecule has 3 N–H and O–H groups in total. The first-order valence-electron chi connectivity index (χ1n) is 6.20. The highest BCUT2D eigenvalue weighted by molar-refractivity contribution is 5.98. The van der Waals surface area contributed by atoms with Gasteiger partial charge < -0.3 is 20.3 Å². The summed E-state index contributed by atoms with van der Waals surface area (Å²) < 4.78 is 9.93. The number of aromatic nitrogens is 2. The van der Waals surface area contributed by atoms with E-state index in [4.69, 9.17) is 15.0 Å². The highest BCUT2D eigenvalue weighted by atomic mass is 16.5. The Kier molecular flexibility index (Phi) is 4.19. The van der Waals surface area contributed by atoms with Crippen molar-refractivity contribution in [3.05, 3.63) is 35.5 Å². The molecule has 1 aromatic heterocycles. The van der Waals surface area contributed by atoms with E-state index in [9.17, 15) is 4.79 Å².